The van der Waals surface area contributed by atoms with Gasteiger partial charge in [0.05, 0.1) is 10.6 Å². The molecule has 0 radical (unpaired) electrons. The molecule has 2 aromatic heterocycles. The largest absolute Gasteiger partial charge is 0.390 e. The van der Waals surface area contributed by atoms with Gasteiger partial charge in [0.1, 0.15) is 0 Å². The Kier molecular flexibility index (Phi) is 1.89. The van der Waals surface area contributed by atoms with Crippen molar-refractivity contribution >= 4 is 16.3 Å². The summed E-state index contributed by atoms with van der Waals surface area (Å²) < 4.78 is 5.25. The molecule has 16 heavy (non-hydrogen) atoms. The summed E-state index contributed by atoms with van der Waals surface area (Å²) in [5, 5.41) is 6.69. The van der Waals surface area contributed by atoms with Gasteiger partial charge in [-0.25, -0.2) is 0 Å². The maximum Gasteiger partial charge on any atom is 0.260 e. The summed E-state index contributed by atoms with van der Waals surface area (Å²) in [4.78, 5) is 4.42. The second kappa shape index (κ2) is 3.07. The summed E-state index contributed by atoms with van der Waals surface area (Å²) in [7, 11) is 0. The Morgan fingerprint density at radius 3 is 2.88 bits per heavy atom. The first-order chi connectivity index (χ1) is 7.58. The van der Waals surface area contributed by atoms with Crippen LogP contribution >= 0.6 is 11.3 Å². The van der Waals surface area contributed by atoms with E-state index in [1.165, 1.54) is 11.3 Å². The number of aromatic nitrogens is 2. The van der Waals surface area contributed by atoms with Crippen LogP contribution in [0.5, 0.6) is 0 Å². The quantitative estimate of drug-likeness (QED) is 0.869. The average molecular weight is 235 g/mol. The molecule has 0 bridgehead atoms. The summed E-state index contributed by atoms with van der Waals surface area (Å²) in [6.07, 6.45) is 1.13. The van der Waals surface area contributed by atoms with Gasteiger partial charge in [-0.1, -0.05) is 19.0 Å². The minimum absolute atomic E-state index is 0.321. The lowest BCUT2D eigenvalue weighted by Gasteiger charge is -1.95. The highest BCUT2D eigenvalue weighted by Crippen LogP contribution is 2.57. The van der Waals surface area contributed by atoms with E-state index in [4.69, 9.17) is 10.3 Å². The molecular formula is C11H13N3OS. The van der Waals surface area contributed by atoms with Crippen LogP contribution in [0.15, 0.2) is 16.0 Å². The van der Waals surface area contributed by atoms with Crippen LogP contribution in [0.3, 0.4) is 0 Å². The van der Waals surface area contributed by atoms with E-state index in [0.29, 0.717) is 17.2 Å². The molecule has 0 aromatic carbocycles. The van der Waals surface area contributed by atoms with Gasteiger partial charge in [0, 0.05) is 5.92 Å². The van der Waals surface area contributed by atoms with Gasteiger partial charge < -0.3 is 10.3 Å². The van der Waals surface area contributed by atoms with E-state index in [0.717, 1.165) is 22.8 Å². The summed E-state index contributed by atoms with van der Waals surface area (Å²) in [6, 6.07) is 1.91. The highest BCUT2D eigenvalue weighted by molar-refractivity contribution is 7.14. The minimum Gasteiger partial charge on any atom is -0.390 e. The second-order valence-corrected chi connectivity index (χ2v) is 5.85. The van der Waals surface area contributed by atoms with Crippen LogP contribution < -0.4 is 5.73 Å². The number of hydrogen-bond donors (Lipinski definition) is 1. The van der Waals surface area contributed by atoms with Crippen LogP contribution in [-0.2, 0) is 0 Å². The van der Waals surface area contributed by atoms with Crippen molar-refractivity contribution in [1.82, 2.24) is 10.1 Å². The van der Waals surface area contributed by atoms with Crippen LogP contribution in [-0.4, -0.2) is 10.1 Å². The molecule has 2 heterocycles. The molecule has 1 unspecified atom stereocenters. The van der Waals surface area contributed by atoms with Gasteiger partial charge in [-0.2, -0.15) is 4.98 Å². The number of rotatable bonds is 2. The Bertz CT molecular complexity index is 529. The molecule has 0 spiro atoms. The fourth-order valence-corrected chi connectivity index (χ4v) is 2.52. The highest BCUT2D eigenvalue weighted by atomic mass is 32.1. The molecule has 1 fully saturated rings. The zero-order valence-corrected chi connectivity index (χ0v) is 10.0. The lowest BCUT2D eigenvalue weighted by molar-refractivity contribution is 0.419. The van der Waals surface area contributed by atoms with E-state index < -0.39 is 0 Å². The predicted octanol–water partition coefficient (Wildman–Crippen LogP) is 2.89. The highest BCUT2D eigenvalue weighted by Gasteiger charge is 2.49. The summed E-state index contributed by atoms with van der Waals surface area (Å²) in [6.45, 7) is 4.43. The van der Waals surface area contributed by atoms with Gasteiger partial charge in [-0.05, 0) is 23.3 Å². The van der Waals surface area contributed by atoms with Crippen molar-refractivity contribution in [1.29, 1.82) is 0 Å². The van der Waals surface area contributed by atoms with Gasteiger partial charge in [0.15, 0.2) is 5.82 Å². The lowest BCUT2D eigenvalue weighted by atomic mass is 10.1. The van der Waals surface area contributed by atoms with E-state index in [9.17, 15) is 0 Å². The van der Waals surface area contributed by atoms with Gasteiger partial charge in [0.25, 0.3) is 5.89 Å². The van der Waals surface area contributed by atoms with Crippen molar-refractivity contribution in [3.8, 4) is 11.5 Å². The van der Waals surface area contributed by atoms with E-state index >= 15 is 0 Å². The third-order valence-corrected chi connectivity index (χ3v) is 3.94. The summed E-state index contributed by atoms with van der Waals surface area (Å²) >= 11 is 1.48. The minimum atomic E-state index is 0.321. The Morgan fingerprint density at radius 2 is 2.31 bits per heavy atom. The molecular weight excluding hydrogens is 222 g/mol. The van der Waals surface area contributed by atoms with Crippen LogP contribution in [0.25, 0.3) is 11.5 Å². The maximum atomic E-state index is 5.82. The van der Waals surface area contributed by atoms with Crippen molar-refractivity contribution in [2.24, 2.45) is 5.41 Å². The van der Waals surface area contributed by atoms with Crippen molar-refractivity contribution in [2.75, 3.05) is 5.73 Å². The Balaban J connectivity index is 1.92. The Hall–Kier alpha value is -1.36. The smallest absolute Gasteiger partial charge is 0.260 e. The third kappa shape index (κ3) is 1.43. The first kappa shape index (κ1) is 9.84. The standard InChI is InChI=1S/C11H13N3OS/c1-11(2)5-7(11)9-13-10(15-14-9)6-3-4-16-8(6)12/h3-4,7H,5,12H2,1-2H3. The molecule has 5 heteroatoms. The molecule has 1 aliphatic rings. The maximum absolute atomic E-state index is 5.82. The number of anilines is 1. The predicted molar refractivity (Wildman–Crippen MR) is 63.2 cm³/mol. The van der Waals surface area contributed by atoms with E-state index in [-0.39, 0.29) is 0 Å². The van der Waals surface area contributed by atoms with Crippen LogP contribution in [0.4, 0.5) is 5.00 Å². The van der Waals surface area contributed by atoms with Crippen LogP contribution in [0, 0.1) is 5.41 Å². The zero-order chi connectivity index (χ0) is 11.3. The molecule has 3 rings (SSSR count). The molecule has 1 atom stereocenters. The van der Waals surface area contributed by atoms with Crippen molar-refractivity contribution < 1.29 is 4.52 Å². The van der Waals surface area contributed by atoms with Gasteiger partial charge in [-0.3, -0.25) is 0 Å². The molecule has 1 saturated carbocycles. The lowest BCUT2D eigenvalue weighted by Crippen LogP contribution is -1.92. The third-order valence-electron chi connectivity index (χ3n) is 3.19. The van der Waals surface area contributed by atoms with E-state index in [2.05, 4.69) is 24.0 Å². The summed E-state index contributed by atoms with van der Waals surface area (Å²) in [5.41, 5.74) is 6.99. The normalized spacial score (nSPS) is 22.2. The molecule has 2 aromatic rings. The molecule has 0 amide bonds. The second-order valence-electron chi connectivity index (χ2n) is 4.90. The number of nitrogen functional groups attached to an aromatic ring is 1. The van der Waals surface area contributed by atoms with Gasteiger partial charge in [0.2, 0.25) is 0 Å². The molecule has 84 valence electrons. The summed E-state index contributed by atoms with van der Waals surface area (Å²) in [5.74, 6) is 1.78. The SMILES string of the molecule is CC1(C)CC1c1noc(-c2ccsc2N)n1. The van der Waals surface area contributed by atoms with E-state index in [1.807, 2.05) is 11.4 Å². The van der Waals surface area contributed by atoms with Crippen molar-refractivity contribution in [3.63, 3.8) is 0 Å². The molecule has 1 aliphatic carbocycles. The number of nitrogens with two attached hydrogens (primary N) is 1. The molecule has 0 aliphatic heterocycles. The first-order valence-electron chi connectivity index (χ1n) is 5.25. The van der Waals surface area contributed by atoms with Crippen molar-refractivity contribution in [3.05, 3.63) is 17.3 Å². The molecule has 0 saturated heterocycles. The first-order valence-corrected chi connectivity index (χ1v) is 6.13. The van der Waals surface area contributed by atoms with Crippen LogP contribution in [0.1, 0.15) is 32.0 Å². The van der Waals surface area contributed by atoms with Crippen LogP contribution in [0.2, 0.25) is 0 Å². The molecule has 2 N–H and O–H groups in total. The fourth-order valence-electron chi connectivity index (χ4n) is 1.89. The number of thiophene rings is 1. The number of hydrogen-bond acceptors (Lipinski definition) is 5. The Morgan fingerprint density at radius 1 is 1.56 bits per heavy atom. The topological polar surface area (TPSA) is 64.9 Å². The Labute approximate surface area is 97.5 Å². The fraction of sp³-hybridized carbons (Fsp3) is 0.455. The van der Waals surface area contributed by atoms with Crippen molar-refractivity contribution in [2.45, 2.75) is 26.2 Å². The monoisotopic (exact) mass is 235 g/mol. The van der Waals surface area contributed by atoms with Gasteiger partial charge >= 0.3 is 0 Å². The van der Waals surface area contributed by atoms with E-state index in [1.54, 1.807) is 0 Å². The molecule has 4 nitrogen and oxygen atoms in total. The zero-order valence-electron chi connectivity index (χ0n) is 9.23. The average Bonchev–Trinajstić information content (AvgIpc) is 2.67. The van der Waals surface area contributed by atoms with Gasteiger partial charge in [-0.15, -0.1) is 11.3 Å². The number of nitrogens with zero attached hydrogens (tertiary/aromatic N) is 2.